The molecule has 1 fully saturated rings. The van der Waals surface area contributed by atoms with Gasteiger partial charge in [-0.15, -0.1) is 0 Å². The number of morpholine rings is 1. The van der Waals surface area contributed by atoms with Crippen molar-refractivity contribution in [2.45, 2.75) is 20.0 Å². The fraction of sp³-hybridized carbons (Fsp3) is 0.643. The van der Waals surface area contributed by atoms with Crippen LogP contribution in [0.5, 0.6) is 0 Å². The predicted octanol–water partition coefficient (Wildman–Crippen LogP) is 0.145. The zero-order valence-corrected chi connectivity index (χ0v) is 12.6. The molecule has 1 aromatic rings. The number of aromatic nitrogens is 2. The van der Waals surface area contributed by atoms with E-state index in [1.54, 1.807) is 0 Å². The van der Waals surface area contributed by atoms with Crippen LogP contribution in [0.25, 0.3) is 0 Å². The van der Waals surface area contributed by atoms with Crippen LogP contribution >= 0.6 is 0 Å². The third-order valence-corrected chi connectivity index (χ3v) is 3.28. The van der Waals surface area contributed by atoms with Crippen LogP contribution in [0.3, 0.4) is 0 Å². The molecule has 0 bridgehead atoms. The molecule has 2 rings (SSSR count). The van der Waals surface area contributed by atoms with Gasteiger partial charge >= 0.3 is 0 Å². The fourth-order valence-electron chi connectivity index (χ4n) is 2.40. The minimum Gasteiger partial charge on any atom is -0.382 e. The second-order valence-electron chi connectivity index (χ2n) is 5.65. The quantitative estimate of drug-likeness (QED) is 0.802. The average molecular weight is 293 g/mol. The second kappa shape index (κ2) is 7.33. The van der Waals surface area contributed by atoms with E-state index in [0.717, 1.165) is 19.6 Å². The molecule has 7 heteroatoms. The Morgan fingerprint density at radius 3 is 3.00 bits per heavy atom. The van der Waals surface area contributed by atoms with Gasteiger partial charge in [-0.3, -0.25) is 9.69 Å². The van der Waals surface area contributed by atoms with Gasteiger partial charge in [-0.2, -0.15) is 0 Å². The van der Waals surface area contributed by atoms with Crippen LogP contribution in [-0.4, -0.2) is 59.7 Å². The molecule has 1 amide bonds. The molecule has 1 aliphatic heterocycles. The summed E-state index contributed by atoms with van der Waals surface area (Å²) in [6.07, 6.45) is 2.91. The van der Waals surface area contributed by atoms with E-state index in [1.165, 1.54) is 12.4 Å². The molecule has 0 saturated carbocycles. The third-order valence-electron chi connectivity index (χ3n) is 3.28. The Balaban J connectivity index is 1.82. The van der Waals surface area contributed by atoms with Gasteiger partial charge in [0.15, 0.2) is 11.5 Å². The summed E-state index contributed by atoms with van der Waals surface area (Å²) in [5.41, 5.74) is 5.79. The zero-order chi connectivity index (χ0) is 15.2. The minimum atomic E-state index is -0.315. The number of hydrogen-bond donors (Lipinski definition) is 2. The highest BCUT2D eigenvalue weighted by atomic mass is 16.5. The molecule has 0 unspecified atom stereocenters. The Bertz CT molecular complexity index is 480. The molecule has 7 nitrogen and oxygen atoms in total. The summed E-state index contributed by atoms with van der Waals surface area (Å²) in [5, 5.41) is 2.81. The molecule has 0 aliphatic carbocycles. The second-order valence-corrected chi connectivity index (χ2v) is 5.65. The van der Waals surface area contributed by atoms with Crippen molar-refractivity contribution in [3.8, 4) is 0 Å². The molecule has 0 spiro atoms. The van der Waals surface area contributed by atoms with E-state index in [2.05, 4.69) is 34.0 Å². The smallest absolute Gasteiger partial charge is 0.273 e. The first-order chi connectivity index (χ1) is 10.1. The number of carbonyl (C=O) groups is 1. The SMILES string of the molecule is CC(C)CN1CCO[C@@H](CNC(=O)c2nccnc2N)C1. The lowest BCUT2D eigenvalue weighted by Crippen LogP contribution is -2.48. The van der Waals surface area contributed by atoms with Gasteiger partial charge in [0.25, 0.3) is 5.91 Å². The summed E-state index contributed by atoms with van der Waals surface area (Å²) >= 11 is 0. The van der Waals surface area contributed by atoms with Crippen molar-refractivity contribution < 1.29 is 9.53 Å². The zero-order valence-electron chi connectivity index (χ0n) is 12.6. The highest BCUT2D eigenvalue weighted by molar-refractivity contribution is 5.96. The third kappa shape index (κ3) is 4.64. The van der Waals surface area contributed by atoms with Crippen molar-refractivity contribution >= 4 is 11.7 Å². The Morgan fingerprint density at radius 1 is 1.52 bits per heavy atom. The number of anilines is 1. The summed E-state index contributed by atoms with van der Waals surface area (Å²) in [6, 6.07) is 0. The number of rotatable bonds is 5. The monoisotopic (exact) mass is 293 g/mol. The van der Waals surface area contributed by atoms with Crippen LogP contribution in [0.4, 0.5) is 5.82 Å². The molecule has 116 valence electrons. The molecule has 0 aromatic carbocycles. The van der Waals surface area contributed by atoms with Gasteiger partial charge in [-0.05, 0) is 5.92 Å². The molecule has 3 N–H and O–H groups in total. The number of ether oxygens (including phenoxy) is 1. The van der Waals surface area contributed by atoms with Crippen molar-refractivity contribution in [1.29, 1.82) is 0 Å². The number of amides is 1. The first kappa shape index (κ1) is 15.7. The average Bonchev–Trinajstić information content (AvgIpc) is 2.45. The number of nitrogens with one attached hydrogen (secondary N) is 1. The standard InChI is InChI=1S/C14H23N5O2/c1-10(2)8-19-5-6-21-11(9-19)7-18-14(20)12-13(15)17-4-3-16-12/h3-4,10-11H,5-9H2,1-2H3,(H2,15,17)(H,18,20)/t11-/m0/s1. The molecule has 1 saturated heterocycles. The number of nitrogens with two attached hydrogens (primary N) is 1. The van der Waals surface area contributed by atoms with Crippen molar-refractivity contribution in [1.82, 2.24) is 20.2 Å². The number of hydrogen-bond acceptors (Lipinski definition) is 6. The van der Waals surface area contributed by atoms with Crippen molar-refractivity contribution in [2.75, 3.05) is 38.5 Å². The maximum atomic E-state index is 12.0. The maximum Gasteiger partial charge on any atom is 0.273 e. The van der Waals surface area contributed by atoms with Crippen molar-refractivity contribution in [3.63, 3.8) is 0 Å². The molecular formula is C14H23N5O2. The minimum absolute atomic E-state index is 0.000606. The summed E-state index contributed by atoms with van der Waals surface area (Å²) in [4.78, 5) is 22.2. The lowest BCUT2D eigenvalue weighted by molar-refractivity contribution is -0.0295. The number of nitrogens with zero attached hydrogens (tertiary/aromatic N) is 3. The molecule has 1 aliphatic rings. The van der Waals surface area contributed by atoms with Crippen LogP contribution in [0.1, 0.15) is 24.3 Å². The van der Waals surface area contributed by atoms with Crippen LogP contribution < -0.4 is 11.1 Å². The summed E-state index contributed by atoms with van der Waals surface area (Å²) < 4.78 is 5.68. The molecule has 0 radical (unpaired) electrons. The van der Waals surface area contributed by atoms with E-state index < -0.39 is 0 Å². The van der Waals surface area contributed by atoms with Gasteiger partial charge in [-0.1, -0.05) is 13.8 Å². The van der Waals surface area contributed by atoms with Gasteiger partial charge in [0.1, 0.15) is 0 Å². The fourth-order valence-corrected chi connectivity index (χ4v) is 2.40. The molecule has 1 aromatic heterocycles. The van der Waals surface area contributed by atoms with Crippen molar-refractivity contribution in [2.24, 2.45) is 5.92 Å². The number of carbonyl (C=O) groups excluding carboxylic acids is 1. The predicted molar refractivity (Wildman–Crippen MR) is 79.8 cm³/mol. The van der Waals surface area contributed by atoms with E-state index in [1.807, 2.05) is 0 Å². The van der Waals surface area contributed by atoms with Gasteiger partial charge in [-0.25, -0.2) is 9.97 Å². The lowest BCUT2D eigenvalue weighted by atomic mass is 10.2. The highest BCUT2D eigenvalue weighted by Crippen LogP contribution is 2.08. The van der Waals surface area contributed by atoms with Crippen LogP contribution in [0.15, 0.2) is 12.4 Å². The van der Waals surface area contributed by atoms with E-state index in [9.17, 15) is 4.79 Å². The first-order valence-electron chi connectivity index (χ1n) is 7.25. The Kier molecular flexibility index (Phi) is 5.46. The Labute approximate surface area is 124 Å². The van der Waals surface area contributed by atoms with Crippen LogP contribution in [-0.2, 0) is 4.74 Å². The van der Waals surface area contributed by atoms with Crippen molar-refractivity contribution in [3.05, 3.63) is 18.1 Å². The molecule has 1 atom stereocenters. The Morgan fingerprint density at radius 2 is 2.29 bits per heavy atom. The van der Waals surface area contributed by atoms with E-state index in [4.69, 9.17) is 10.5 Å². The van der Waals surface area contributed by atoms with Gasteiger partial charge in [0, 0.05) is 38.6 Å². The Hall–Kier alpha value is -1.73. The molecular weight excluding hydrogens is 270 g/mol. The summed E-state index contributed by atoms with van der Waals surface area (Å²) in [6.45, 7) is 8.36. The van der Waals surface area contributed by atoms with Gasteiger partial charge in [0.05, 0.1) is 12.7 Å². The molecule has 21 heavy (non-hydrogen) atoms. The molecule has 2 heterocycles. The van der Waals surface area contributed by atoms with E-state index in [-0.39, 0.29) is 23.5 Å². The largest absolute Gasteiger partial charge is 0.382 e. The van der Waals surface area contributed by atoms with Gasteiger partial charge < -0.3 is 15.8 Å². The highest BCUT2D eigenvalue weighted by Gasteiger charge is 2.22. The van der Waals surface area contributed by atoms with Crippen LogP contribution in [0.2, 0.25) is 0 Å². The topological polar surface area (TPSA) is 93.4 Å². The maximum absolute atomic E-state index is 12.0. The first-order valence-corrected chi connectivity index (χ1v) is 7.25. The van der Waals surface area contributed by atoms with Crippen LogP contribution in [0, 0.1) is 5.92 Å². The number of nitrogen functional groups attached to an aromatic ring is 1. The van der Waals surface area contributed by atoms with Gasteiger partial charge in [0.2, 0.25) is 0 Å². The lowest BCUT2D eigenvalue weighted by Gasteiger charge is -2.33. The normalized spacial score (nSPS) is 19.7. The van der Waals surface area contributed by atoms with E-state index >= 15 is 0 Å². The summed E-state index contributed by atoms with van der Waals surface area (Å²) in [7, 11) is 0. The summed E-state index contributed by atoms with van der Waals surface area (Å²) in [5.74, 6) is 0.448. The van der Waals surface area contributed by atoms with E-state index in [0.29, 0.717) is 19.1 Å².